The number of para-hydroxylation sites is 1. The van der Waals surface area contributed by atoms with E-state index in [-0.39, 0.29) is 12.5 Å². The first-order valence-corrected chi connectivity index (χ1v) is 8.12. The minimum atomic E-state index is -0.869. The first-order chi connectivity index (χ1) is 11.6. The van der Waals surface area contributed by atoms with E-state index in [4.69, 9.17) is 16.3 Å². The fourth-order valence-electron chi connectivity index (χ4n) is 2.74. The third-order valence-corrected chi connectivity index (χ3v) is 4.27. The SMILES string of the molecule is O=C(O)CC(NCC1=Cc2ccccc2OC1)c1ccccc1Cl. The molecule has 1 atom stereocenters. The summed E-state index contributed by atoms with van der Waals surface area (Å²) in [5.41, 5.74) is 2.89. The number of fused-ring (bicyclic) bond motifs is 1. The van der Waals surface area contributed by atoms with Crippen LogP contribution < -0.4 is 10.1 Å². The molecule has 0 saturated heterocycles. The molecule has 0 amide bonds. The highest BCUT2D eigenvalue weighted by molar-refractivity contribution is 6.31. The Kier molecular flexibility index (Phi) is 5.18. The molecule has 0 spiro atoms. The Morgan fingerprint density at radius 3 is 2.75 bits per heavy atom. The van der Waals surface area contributed by atoms with E-state index >= 15 is 0 Å². The molecule has 0 bridgehead atoms. The van der Waals surface area contributed by atoms with Crippen molar-refractivity contribution in [2.24, 2.45) is 0 Å². The molecule has 2 aromatic rings. The number of halogens is 1. The molecule has 1 unspecified atom stereocenters. The molecule has 5 heteroatoms. The molecule has 0 aliphatic carbocycles. The average molecular weight is 344 g/mol. The number of hydrogen-bond donors (Lipinski definition) is 2. The summed E-state index contributed by atoms with van der Waals surface area (Å²) in [5, 5.41) is 13.0. The van der Waals surface area contributed by atoms with E-state index in [1.807, 2.05) is 42.5 Å². The second kappa shape index (κ2) is 7.51. The Bertz CT molecular complexity index is 773. The number of carbonyl (C=O) groups is 1. The smallest absolute Gasteiger partial charge is 0.305 e. The molecule has 0 fully saturated rings. The summed E-state index contributed by atoms with van der Waals surface area (Å²) in [4.78, 5) is 11.2. The number of ether oxygens (including phenoxy) is 1. The van der Waals surface area contributed by atoms with Gasteiger partial charge in [0.15, 0.2) is 0 Å². The Morgan fingerprint density at radius 1 is 1.21 bits per heavy atom. The Balaban J connectivity index is 1.74. The molecular formula is C19H18ClNO3. The van der Waals surface area contributed by atoms with Crippen LogP contribution in [0.3, 0.4) is 0 Å². The molecule has 2 aromatic carbocycles. The molecule has 0 radical (unpaired) electrons. The summed E-state index contributed by atoms with van der Waals surface area (Å²) in [7, 11) is 0. The van der Waals surface area contributed by atoms with Crippen LogP contribution in [0.1, 0.15) is 23.6 Å². The predicted octanol–water partition coefficient (Wildman–Crippen LogP) is 3.92. The van der Waals surface area contributed by atoms with Gasteiger partial charge in [0.25, 0.3) is 0 Å². The second-order valence-corrected chi connectivity index (χ2v) is 6.09. The number of carboxylic acids is 1. The molecule has 1 heterocycles. The van der Waals surface area contributed by atoms with Gasteiger partial charge in [0.1, 0.15) is 12.4 Å². The van der Waals surface area contributed by atoms with Crippen molar-refractivity contribution in [1.29, 1.82) is 0 Å². The van der Waals surface area contributed by atoms with Crippen LogP contribution in [0.25, 0.3) is 6.08 Å². The van der Waals surface area contributed by atoms with Gasteiger partial charge in [-0.3, -0.25) is 4.79 Å². The lowest BCUT2D eigenvalue weighted by Crippen LogP contribution is -2.28. The second-order valence-electron chi connectivity index (χ2n) is 5.68. The van der Waals surface area contributed by atoms with Gasteiger partial charge in [0.2, 0.25) is 0 Å². The van der Waals surface area contributed by atoms with E-state index in [1.54, 1.807) is 6.07 Å². The summed E-state index contributed by atoms with van der Waals surface area (Å²) in [6.07, 6.45) is 2.05. The third kappa shape index (κ3) is 3.96. The van der Waals surface area contributed by atoms with Crippen molar-refractivity contribution in [1.82, 2.24) is 5.32 Å². The van der Waals surface area contributed by atoms with Crippen LogP contribution in [0.5, 0.6) is 5.75 Å². The van der Waals surface area contributed by atoms with Gasteiger partial charge >= 0.3 is 5.97 Å². The molecular weight excluding hydrogens is 326 g/mol. The number of nitrogens with one attached hydrogen (secondary N) is 1. The van der Waals surface area contributed by atoms with Crippen molar-refractivity contribution in [3.8, 4) is 5.75 Å². The molecule has 1 aliphatic heterocycles. The van der Waals surface area contributed by atoms with E-state index in [0.29, 0.717) is 18.2 Å². The first-order valence-electron chi connectivity index (χ1n) is 7.74. The van der Waals surface area contributed by atoms with Gasteiger partial charge in [-0.1, -0.05) is 48.0 Å². The fraction of sp³-hybridized carbons (Fsp3) is 0.211. The third-order valence-electron chi connectivity index (χ3n) is 3.93. The van der Waals surface area contributed by atoms with Crippen molar-refractivity contribution >= 4 is 23.6 Å². The first kappa shape index (κ1) is 16.6. The van der Waals surface area contributed by atoms with Gasteiger partial charge in [-0.2, -0.15) is 0 Å². The van der Waals surface area contributed by atoms with Gasteiger partial charge in [0.05, 0.1) is 6.42 Å². The average Bonchev–Trinajstić information content (AvgIpc) is 2.59. The van der Waals surface area contributed by atoms with E-state index in [1.165, 1.54) is 0 Å². The van der Waals surface area contributed by atoms with Crippen LogP contribution in [0.4, 0.5) is 0 Å². The van der Waals surface area contributed by atoms with Gasteiger partial charge in [-0.15, -0.1) is 0 Å². The Hall–Kier alpha value is -2.30. The summed E-state index contributed by atoms with van der Waals surface area (Å²) in [6, 6.07) is 14.8. The minimum Gasteiger partial charge on any atom is -0.489 e. The van der Waals surface area contributed by atoms with Crippen molar-refractivity contribution in [3.63, 3.8) is 0 Å². The van der Waals surface area contributed by atoms with Crippen molar-refractivity contribution in [3.05, 3.63) is 70.3 Å². The van der Waals surface area contributed by atoms with Crippen LogP contribution in [-0.4, -0.2) is 24.2 Å². The standard InChI is InChI=1S/C19H18ClNO3/c20-16-7-3-2-6-15(16)17(10-19(22)23)21-11-13-9-14-5-1-4-8-18(14)24-12-13/h1-9,17,21H,10-12H2,(H,22,23). The quantitative estimate of drug-likeness (QED) is 0.834. The molecule has 3 rings (SSSR count). The summed E-state index contributed by atoms with van der Waals surface area (Å²) >= 11 is 6.22. The zero-order valence-corrected chi connectivity index (χ0v) is 13.8. The number of benzene rings is 2. The van der Waals surface area contributed by atoms with Crippen molar-refractivity contribution in [2.45, 2.75) is 12.5 Å². The van der Waals surface area contributed by atoms with Crippen LogP contribution >= 0.6 is 11.6 Å². The summed E-state index contributed by atoms with van der Waals surface area (Å²) < 4.78 is 5.73. The molecule has 0 saturated carbocycles. The fourth-order valence-corrected chi connectivity index (χ4v) is 3.01. The van der Waals surface area contributed by atoms with E-state index < -0.39 is 5.97 Å². The van der Waals surface area contributed by atoms with Gasteiger partial charge < -0.3 is 15.2 Å². The molecule has 1 aliphatic rings. The van der Waals surface area contributed by atoms with Crippen molar-refractivity contribution < 1.29 is 14.6 Å². The maximum atomic E-state index is 11.2. The number of aliphatic carboxylic acids is 1. The highest BCUT2D eigenvalue weighted by atomic mass is 35.5. The predicted molar refractivity (Wildman–Crippen MR) is 94.4 cm³/mol. The van der Waals surface area contributed by atoms with Crippen LogP contribution in [0.2, 0.25) is 5.02 Å². The van der Waals surface area contributed by atoms with Crippen LogP contribution in [0.15, 0.2) is 54.1 Å². The van der Waals surface area contributed by atoms with Gasteiger partial charge in [-0.05, 0) is 29.3 Å². The topological polar surface area (TPSA) is 58.6 Å². The van der Waals surface area contributed by atoms with E-state index in [2.05, 4.69) is 11.4 Å². The largest absolute Gasteiger partial charge is 0.489 e. The maximum Gasteiger partial charge on any atom is 0.305 e. The zero-order valence-electron chi connectivity index (χ0n) is 13.0. The zero-order chi connectivity index (χ0) is 16.9. The van der Waals surface area contributed by atoms with Gasteiger partial charge in [0, 0.05) is 23.2 Å². The lowest BCUT2D eigenvalue weighted by atomic mass is 10.0. The Labute approximate surface area is 145 Å². The lowest BCUT2D eigenvalue weighted by molar-refractivity contribution is -0.137. The van der Waals surface area contributed by atoms with Crippen LogP contribution in [0, 0.1) is 0 Å². The summed E-state index contributed by atoms with van der Waals surface area (Å²) in [6.45, 7) is 1.03. The Morgan fingerprint density at radius 2 is 1.96 bits per heavy atom. The number of rotatable bonds is 6. The molecule has 4 nitrogen and oxygen atoms in total. The van der Waals surface area contributed by atoms with E-state index in [9.17, 15) is 9.90 Å². The van der Waals surface area contributed by atoms with Gasteiger partial charge in [-0.25, -0.2) is 0 Å². The molecule has 24 heavy (non-hydrogen) atoms. The summed E-state index contributed by atoms with van der Waals surface area (Å²) in [5.74, 6) is 0.000999. The molecule has 2 N–H and O–H groups in total. The highest BCUT2D eigenvalue weighted by Gasteiger charge is 2.19. The molecule has 0 aromatic heterocycles. The number of carboxylic acid groups (broad SMARTS) is 1. The van der Waals surface area contributed by atoms with Crippen LogP contribution in [-0.2, 0) is 4.79 Å². The monoisotopic (exact) mass is 343 g/mol. The number of hydrogen-bond acceptors (Lipinski definition) is 3. The minimum absolute atomic E-state index is 0.0333. The lowest BCUT2D eigenvalue weighted by Gasteiger charge is -2.22. The molecule has 124 valence electrons. The van der Waals surface area contributed by atoms with Crippen molar-refractivity contribution in [2.75, 3.05) is 13.2 Å². The highest BCUT2D eigenvalue weighted by Crippen LogP contribution is 2.27. The maximum absolute atomic E-state index is 11.2. The normalized spacial score (nSPS) is 14.3. The van der Waals surface area contributed by atoms with E-state index in [0.717, 1.165) is 22.4 Å².